The maximum Gasteiger partial charge on any atom is 1.00 e. The van der Waals surface area contributed by atoms with Crippen LogP contribution >= 0.6 is 23.2 Å². The van der Waals surface area contributed by atoms with Gasteiger partial charge in [-0.05, 0) is 47.5 Å². The van der Waals surface area contributed by atoms with Crippen molar-refractivity contribution in [3.8, 4) is 0 Å². The smallest absolute Gasteiger partial charge is 1.00 e. The molecule has 1 aliphatic rings. The van der Waals surface area contributed by atoms with Gasteiger partial charge in [-0.2, -0.15) is 0 Å². The molecule has 0 aliphatic carbocycles. The average Bonchev–Trinajstić information content (AvgIpc) is 3.14. The number of carboxylic acid groups (broad SMARTS) is 1. The van der Waals surface area contributed by atoms with Crippen molar-refractivity contribution >= 4 is 35.0 Å². The van der Waals surface area contributed by atoms with Crippen molar-refractivity contribution in [2.45, 2.75) is 12.1 Å². The van der Waals surface area contributed by atoms with E-state index in [4.69, 9.17) is 28.2 Å². The summed E-state index contributed by atoms with van der Waals surface area (Å²) in [7, 11) is 0. The Morgan fingerprint density at radius 1 is 0.931 bits per heavy atom. The minimum absolute atomic E-state index is 0. The number of aliphatic imine (C=N–C) groups is 1. The first-order chi connectivity index (χ1) is 13.5. The summed E-state index contributed by atoms with van der Waals surface area (Å²) in [6, 6.07) is 21.7. The zero-order valence-corrected chi connectivity index (χ0v) is 19.2. The molecule has 2 unspecified atom stereocenters. The van der Waals surface area contributed by atoms with Crippen LogP contribution in [0.1, 0.15) is 40.6 Å². The van der Waals surface area contributed by atoms with Crippen LogP contribution in [0.25, 0.3) is 0 Å². The van der Waals surface area contributed by atoms with E-state index in [1.807, 2.05) is 54.6 Å². The van der Waals surface area contributed by atoms with E-state index < -0.39 is 5.97 Å². The SMILES string of the molecule is O=C(O)c1cccc(C2=NC(c3ccc(Cl)cc3)C(c3ccc(Cl)cc3)N2)c1.[H-].[Na+]. The van der Waals surface area contributed by atoms with Gasteiger partial charge >= 0.3 is 35.5 Å². The van der Waals surface area contributed by atoms with Crippen LogP contribution in [0.5, 0.6) is 0 Å². The van der Waals surface area contributed by atoms with E-state index in [0.29, 0.717) is 15.9 Å². The van der Waals surface area contributed by atoms with Crippen LogP contribution in [0.15, 0.2) is 77.8 Å². The second-order valence-electron chi connectivity index (χ2n) is 6.53. The van der Waals surface area contributed by atoms with E-state index in [0.717, 1.165) is 16.7 Å². The molecule has 142 valence electrons. The predicted molar refractivity (Wildman–Crippen MR) is 113 cm³/mol. The Bertz CT molecular complexity index is 1060. The van der Waals surface area contributed by atoms with Crippen molar-refractivity contribution in [1.82, 2.24) is 5.32 Å². The Balaban J connectivity index is 0.00000160. The summed E-state index contributed by atoms with van der Waals surface area (Å²) in [6.45, 7) is 0. The van der Waals surface area contributed by atoms with Crippen molar-refractivity contribution in [1.29, 1.82) is 0 Å². The molecule has 0 bridgehead atoms. The molecule has 0 radical (unpaired) electrons. The molecule has 3 aromatic carbocycles. The Morgan fingerprint density at radius 2 is 1.52 bits per heavy atom. The minimum Gasteiger partial charge on any atom is -1.00 e. The number of halogens is 2. The van der Waals surface area contributed by atoms with Crippen LogP contribution in [-0.4, -0.2) is 16.9 Å². The summed E-state index contributed by atoms with van der Waals surface area (Å²) in [5.74, 6) is -0.313. The van der Waals surface area contributed by atoms with Gasteiger partial charge in [0.2, 0.25) is 0 Å². The zero-order valence-electron chi connectivity index (χ0n) is 16.6. The molecule has 0 amide bonds. The summed E-state index contributed by atoms with van der Waals surface area (Å²) in [5.41, 5.74) is 3.01. The molecule has 1 heterocycles. The number of carboxylic acids is 1. The van der Waals surface area contributed by atoms with Crippen LogP contribution < -0.4 is 34.9 Å². The molecule has 0 saturated carbocycles. The number of hydrogen-bond acceptors (Lipinski definition) is 3. The molecule has 2 N–H and O–H groups in total. The zero-order chi connectivity index (χ0) is 19.7. The third-order valence-electron chi connectivity index (χ3n) is 4.70. The maximum absolute atomic E-state index is 11.3. The molecule has 4 nitrogen and oxygen atoms in total. The molecule has 0 fully saturated rings. The van der Waals surface area contributed by atoms with E-state index in [1.165, 1.54) is 0 Å². The van der Waals surface area contributed by atoms with Crippen molar-refractivity contribution < 1.29 is 40.9 Å². The molecule has 2 atom stereocenters. The Morgan fingerprint density at radius 3 is 2.10 bits per heavy atom. The van der Waals surface area contributed by atoms with Gasteiger partial charge in [-0.15, -0.1) is 0 Å². The summed E-state index contributed by atoms with van der Waals surface area (Å²) in [5, 5.41) is 14.1. The molecule has 4 rings (SSSR count). The van der Waals surface area contributed by atoms with E-state index in [9.17, 15) is 9.90 Å². The van der Waals surface area contributed by atoms with E-state index >= 15 is 0 Å². The van der Waals surface area contributed by atoms with Gasteiger partial charge in [-0.1, -0.05) is 59.6 Å². The fourth-order valence-corrected chi connectivity index (χ4v) is 3.55. The van der Waals surface area contributed by atoms with Gasteiger partial charge in [0, 0.05) is 15.6 Å². The Hall–Kier alpha value is -1.82. The number of amidine groups is 1. The number of aromatic carboxylic acids is 1. The van der Waals surface area contributed by atoms with E-state index in [-0.39, 0.29) is 48.6 Å². The average molecular weight is 435 g/mol. The number of nitrogens with zero attached hydrogens (tertiary/aromatic N) is 1. The maximum atomic E-state index is 11.3. The fraction of sp³-hybridized carbons (Fsp3) is 0.0909. The monoisotopic (exact) mass is 434 g/mol. The van der Waals surface area contributed by atoms with Gasteiger partial charge in [-0.25, -0.2) is 4.79 Å². The van der Waals surface area contributed by atoms with Crippen LogP contribution in [0, 0.1) is 0 Å². The summed E-state index contributed by atoms with van der Waals surface area (Å²) in [4.78, 5) is 16.2. The summed E-state index contributed by atoms with van der Waals surface area (Å²) >= 11 is 12.1. The molecule has 1 aliphatic heterocycles. The Labute approximate surface area is 202 Å². The van der Waals surface area contributed by atoms with Crippen LogP contribution in [0.4, 0.5) is 0 Å². The summed E-state index contributed by atoms with van der Waals surface area (Å²) in [6.07, 6.45) is 0. The first-order valence-electron chi connectivity index (χ1n) is 8.70. The quantitative estimate of drug-likeness (QED) is 0.620. The predicted octanol–water partition coefficient (Wildman–Crippen LogP) is 2.64. The van der Waals surface area contributed by atoms with Crippen molar-refractivity contribution in [3.63, 3.8) is 0 Å². The molecule has 0 saturated heterocycles. The number of carbonyl (C=O) groups is 1. The third kappa shape index (κ3) is 4.85. The number of benzene rings is 3. The van der Waals surface area contributed by atoms with Gasteiger partial charge < -0.3 is 11.8 Å². The van der Waals surface area contributed by atoms with Crippen molar-refractivity contribution in [3.05, 3.63) is 105 Å². The van der Waals surface area contributed by atoms with E-state index in [1.54, 1.807) is 18.2 Å². The van der Waals surface area contributed by atoms with Crippen LogP contribution in [-0.2, 0) is 0 Å². The molecular weight excluding hydrogens is 418 g/mol. The molecule has 0 spiro atoms. The first-order valence-corrected chi connectivity index (χ1v) is 9.46. The third-order valence-corrected chi connectivity index (χ3v) is 5.20. The van der Waals surface area contributed by atoms with E-state index in [2.05, 4.69) is 5.32 Å². The van der Waals surface area contributed by atoms with Gasteiger partial charge in [-0.3, -0.25) is 4.99 Å². The largest absolute Gasteiger partial charge is 1.00 e. The second kappa shape index (κ2) is 9.33. The molecule has 3 aromatic rings. The van der Waals surface area contributed by atoms with Crippen molar-refractivity contribution in [2.24, 2.45) is 4.99 Å². The Kier molecular flexibility index (Phi) is 7.04. The molecule has 29 heavy (non-hydrogen) atoms. The van der Waals surface area contributed by atoms with Crippen LogP contribution in [0.2, 0.25) is 10.0 Å². The minimum atomic E-state index is -0.969. The van der Waals surface area contributed by atoms with Crippen LogP contribution in [0.3, 0.4) is 0 Å². The van der Waals surface area contributed by atoms with Gasteiger partial charge in [0.1, 0.15) is 11.9 Å². The van der Waals surface area contributed by atoms with Gasteiger partial charge in [0.05, 0.1) is 11.6 Å². The van der Waals surface area contributed by atoms with Gasteiger partial charge in [0.25, 0.3) is 0 Å². The molecular formula is C22H17Cl2N2NaO2. The van der Waals surface area contributed by atoms with Gasteiger partial charge in [0.15, 0.2) is 0 Å². The normalized spacial score (nSPS) is 17.8. The number of nitrogens with one attached hydrogen (secondary N) is 1. The second-order valence-corrected chi connectivity index (χ2v) is 7.41. The summed E-state index contributed by atoms with van der Waals surface area (Å²) < 4.78 is 0. The standard InChI is InChI=1S/C22H16Cl2N2O2.Na.H/c23-17-8-4-13(5-9-17)19-20(14-6-10-18(24)11-7-14)26-21(25-19)15-2-1-3-16(12-15)22(27)28;;/h1-12,19-20H,(H,25,26)(H,27,28);;/q;+1;-1. The molecule has 0 aromatic heterocycles. The number of rotatable bonds is 4. The molecule has 7 heteroatoms. The topological polar surface area (TPSA) is 61.7 Å². The number of hydrogen-bond donors (Lipinski definition) is 2. The fourth-order valence-electron chi connectivity index (χ4n) is 3.30. The first kappa shape index (κ1) is 21.9. The van der Waals surface area contributed by atoms with Crippen molar-refractivity contribution in [2.75, 3.05) is 0 Å².